The quantitative estimate of drug-likeness (QED) is 0.671. The normalized spacial score (nSPS) is 27.0. The van der Waals surface area contributed by atoms with Crippen molar-refractivity contribution in [3.63, 3.8) is 0 Å². The zero-order chi connectivity index (χ0) is 9.81. The maximum atomic E-state index is 12.9. The van der Waals surface area contributed by atoms with Gasteiger partial charge in [0.15, 0.2) is 0 Å². The van der Waals surface area contributed by atoms with E-state index in [1.807, 2.05) is 18.3 Å². The molecule has 0 amide bonds. The van der Waals surface area contributed by atoms with Gasteiger partial charge in [-0.15, -0.1) is 0 Å². The first-order valence-corrected chi connectivity index (χ1v) is 4.90. The first-order valence-electron chi connectivity index (χ1n) is 4.90. The molecule has 2 aliphatic rings. The lowest BCUT2D eigenvalue weighted by Crippen LogP contribution is -2.61. The van der Waals surface area contributed by atoms with Crippen LogP contribution in [0.15, 0.2) is 18.3 Å². The fourth-order valence-corrected chi connectivity index (χ4v) is 2.69. The van der Waals surface area contributed by atoms with Crippen LogP contribution in [0.25, 0.3) is 0 Å². The number of hydrogen-bond donors (Lipinski definition) is 1. The smallest absolute Gasteiger partial charge is 0.252 e. The zero-order valence-electron chi connectivity index (χ0n) is 7.76. The Kier molecular flexibility index (Phi) is 1.42. The van der Waals surface area contributed by atoms with E-state index in [-0.39, 0.29) is 12.8 Å². The molecule has 0 radical (unpaired) electrons. The summed E-state index contributed by atoms with van der Waals surface area (Å²) in [7, 11) is 0. The molecule has 0 aromatic carbocycles. The summed E-state index contributed by atoms with van der Waals surface area (Å²) in [6, 6.07) is 3.88. The van der Waals surface area contributed by atoms with Gasteiger partial charge in [-0.25, -0.2) is 8.78 Å². The summed E-state index contributed by atoms with van der Waals surface area (Å²) < 4.78 is 27.9. The Morgan fingerprint density at radius 2 is 2.14 bits per heavy atom. The number of aromatic nitrogens is 1. The Bertz CT molecular complexity index is 362. The SMILES string of the molecule is FC1(F)CC2(C1)NCCn1cccc12. The molecule has 3 rings (SSSR count). The number of nitrogens with zero attached hydrogens (tertiary/aromatic N) is 1. The van der Waals surface area contributed by atoms with Crippen molar-refractivity contribution in [1.29, 1.82) is 0 Å². The average Bonchev–Trinajstić information content (AvgIpc) is 2.49. The van der Waals surface area contributed by atoms with Gasteiger partial charge in [0.05, 0.1) is 5.54 Å². The van der Waals surface area contributed by atoms with Gasteiger partial charge in [-0.05, 0) is 12.1 Å². The Morgan fingerprint density at radius 3 is 2.86 bits per heavy atom. The predicted octanol–water partition coefficient (Wildman–Crippen LogP) is 1.72. The Morgan fingerprint density at radius 1 is 1.36 bits per heavy atom. The summed E-state index contributed by atoms with van der Waals surface area (Å²) in [6.45, 7) is 1.67. The molecule has 76 valence electrons. The van der Waals surface area contributed by atoms with Gasteiger partial charge >= 0.3 is 0 Å². The van der Waals surface area contributed by atoms with Crippen molar-refractivity contribution in [3.8, 4) is 0 Å². The molecule has 1 spiro atoms. The zero-order valence-corrected chi connectivity index (χ0v) is 7.76. The van der Waals surface area contributed by atoms with Gasteiger partial charge in [0, 0.05) is 37.8 Å². The first kappa shape index (κ1) is 8.41. The summed E-state index contributed by atoms with van der Waals surface area (Å²) >= 11 is 0. The lowest BCUT2D eigenvalue weighted by Gasteiger charge is -2.50. The topological polar surface area (TPSA) is 17.0 Å². The van der Waals surface area contributed by atoms with Crippen LogP contribution >= 0.6 is 0 Å². The molecule has 1 saturated carbocycles. The third kappa shape index (κ3) is 0.974. The van der Waals surface area contributed by atoms with E-state index < -0.39 is 11.5 Å². The van der Waals surface area contributed by atoms with Crippen LogP contribution in [0.2, 0.25) is 0 Å². The molecular weight excluding hydrogens is 186 g/mol. The van der Waals surface area contributed by atoms with Crippen molar-refractivity contribution in [1.82, 2.24) is 9.88 Å². The van der Waals surface area contributed by atoms with Gasteiger partial charge in [0.1, 0.15) is 0 Å². The van der Waals surface area contributed by atoms with E-state index in [0.717, 1.165) is 18.8 Å². The Balaban J connectivity index is 1.98. The third-order valence-corrected chi connectivity index (χ3v) is 3.26. The lowest BCUT2D eigenvalue weighted by molar-refractivity contribution is -0.143. The van der Waals surface area contributed by atoms with E-state index in [1.165, 1.54) is 0 Å². The standard InChI is InChI=1S/C10H12F2N2/c11-10(12)6-9(7-10)8-2-1-4-14(8)5-3-13-9/h1-2,4,13H,3,5-7H2. The first-order chi connectivity index (χ1) is 6.61. The second kappa shape index (κ2) is 2.37. The molecule has 1 aliphatic heterocycles. The highest BCUT2D eigenvalue weighted by Gasteiger charge is 2.58. The molecule has 1 aromatic rings. The maximum Gasteiger partial charge on any atom is 0.252 e. The number of halogens is 2. The molecule has 2 nitrogen and oxygen atoms in total. The Labute approximate surface area is 80.9 Å². The number of hydrogen-bond acceptors (Lipinski definition) is 1. The number of fused-ring (bicyclic) bond motifs is 2. The second-order valence-electron chi connectivity index (χ2n) is 4.31. The van der Waals surface area contributed by atoms with E-state index in [1.54, 1.807) is 0 Å². The van der Waals surface area contributed by atoms with Crippen molar-refractivity contribution >= 4 is 0 Å². The third-order valence-electron chi connectivity index (χ3n) is 3.26. The van der Waals surface area contributed by atoms with E-state index in [0.29, 0.717) is 0 Å². The van der Waals surface area contributed by atoms with Crippen LogP contribution in [-0.2, 0) is 12.1 Å². The number of alkyl halides is 2. The van der Waals surface area contributed by atoms with E-state index in [4.69, 9.17) is 0 Å². The molecule has 4 heteroatoms. The molecule has 1 N–H and O–H groups in total. The van der Waals surface area contributed by atoms with Gasteiger partial charge < -0.3 is 9.88 Å². The summed E-state index contributed by atoms with van der Waals surface area (Å²) in [6.07, 6.45) is 1.86. The summed E-state index contributed by atoms with van der Waals surface area (Å²) in [5, 5.41) is 3.23. The highest BCUT2D eigenvalue weighted by molar-refractivity contribution is 5.26. The number of nitrogens with one attached hydrogen (secondary N) is 1. The fraction of sp³-hybridized carbons (Fsp3) is 0.600. The number of rotatable bonds is 0. The lowest BCUT2D eigenvalue weighted by atomic mass is 9.70. The van der Waals surface area contributed by atoms with Crippen molar-refractivity contribution in [3.05, 3.63) is 24.0 Å². The van der Waals surface area contributed by atoms with E-state index in [2.05, 4.69) is 9.88 Å². The van der Waals surface area contributed by atoms with Crippen LogP contribution in [0.4, 0.5) is 8.78 Å². The van der Waals surface area contributed by atoms with Crippen LogP contribution in [0, 0.1) is 0 Å². The monoisotopic (exact) mass is 198 g/mol. The molecule has 1 fully saturated rings. The van der Waals surface area contributed by atoms with E-state index in [9.17, 15) is 8.78 Å². The average molecular weight is 198 g/mol. The minimum absolute atomic E-state index is 0.0516. The van der Waals surface area contributed by atoms with Gasteiger partial charge in [0.2, 0.25) is 0 Å². The summed E-state index contributed by atoms with van der Waals surface area (Å²) in [5.74, 6) is -2.47. The molecule has 1 aromatic heterocycles. The molecular formula is C10H12F2N2. The van der Waals surface area contributed by atoms with Gasteiger partial charge in [-0.1, -0.05) is 0 Å². The molecule has 0 atom stereocenters. The van der Waals surface area contributed by atoms with Crippen LogP contribution in [0.5, 0.6) is 0 Å². The molecule has 14 heavy (non-hydrogen) atoms. The fourth-order valence-electron chi connectivity index (χ4n) is 2.69. The highest BCUT2D eigenvalue weighted by atomic mass is 19.3. The van der Waals surface area contributed by atoms with E-state index >= 15 is 0 Å². The van der Waals surface area contributed by atoms with Crippen molar-refractivity contribution in [2.75, 3.05) is 6.54 Å². The van der Waals surface area contributed by atoms with Crippen LogP contribution in [0.3, 0.4) is 0 Å². The van der Waals surface area contributed by atoms with Gasteiger partial charge in [0.25, 0.3) is 5.92 Å². The van der Waals surface area contributed by atoms with Crippen LogP contribution in [-0.4, -0.2) is 17.0 Å². The molecule has 0 unspecified atom stereocenters. The summed E-state index contributed by atoms with van der Waals surface area (Å²) in [5.41, 5.74) is 0.584. The second-order valence-corrected chi connectivity index (χ2v) is 4.31. The molecule has 2 heterocycles. The predicted molar refractivity (Wildman–Crippen MR) is 48.3 cm³/mol. The van der Waals surface area contributed by atoms with Crippen LogP contribution in [0.1, 0.15) is 18.5 Å². The van der Waals surface area contributed by atoms with Crippen molar-refractivity contribution in [2.45, 2.75) is 30.8 Å². The van der Waals surface area contributed by atoms with Crippen LogP contribution < -0.4 is 5.32 Å². The summed E-state index contributed by atoms with van der Waals surface area (Å²) in [4.78, 5) is 0. The van der Waals surface area contributed by atoms with Crippen molar-refractivity contribution in [2.24, 2.45) is 0 Å². The van der Waals surface area contributed by atoms with Gasteiger partial charge in [-0.2, -0.15) is 0 Å². The minimum Gasteiger partial charge on any atom is -0.348 e. The van der Waals surface area contributed by atoms with Gasteiger partial charge in [-0.3, -0.25) is 0 Å². The Hall–Kier alpha value is -0.900. The molecule has 0 bridgehead atoms. The van der Waals surface area contributed by atoms with Crippen molar-refractivity contribution < 1.29 is 8.78 Å². The molecule has 1 aliphatic carbocycles. The minimum atomic E-state index is -2.47. The molecule has 0 saturated heterocycles. The highest BCUT2D eigenvalue weighted by Crippen LogP contribution is 2.52. The largest absolute Gasteiger partial charge is 0.348 e. The maximum absolute atomic E-state index is 12.9.